The number of aromatic nitrogens is 1. The van der Waals surface area contributed by atoms with E-state index in [4.69, 9.17) is 0 Å². The van der Waals surface area contributed by atoms with E-state index in [1.54, 1.807) is 21.6 Å². The van der Waals surface area contributed by atoms with Gasteiger partial charge in [-0.15, -0.1) is 0 Å². The van der Waals surface area contributed by atoms with Crippen molar-refractivity contribution >= 4 is 22.5 Å². The summed E-state index contributed by atoms with van der Waals surface area (Å²) in [6, 6.07) is 9.34. The number of anilines is 1. The standard InChI is InChI=1S/C18H19N3O2/c1-4-18(11-19)13-10-14-12(7-8-16(22)20(14)5-2)9-15(13)21(6-3)17(18)23/h7-10H,4-6H2,1-3H3. The van der Waals surface area contributed by atoms with E-state index in [9.17, 15) is 14.9 Å². The summed E-state index contributed by atoms with van der Waals surface area (Å²) in [5, 5.41) is 10.6. The number of hydrogen-bond donors (Lipinski definition) is 0. The monoisotopic (exact) mass is 309 g/mol. The van der Waals surface area contributed by atoms with Gasteiger partial charge in [0.15, 0.2) is 5.41 Å². The first-order valence-electron chi connectivity index (χ1n) is 7.95. The van der Waals surface area contributed by atoms with Crippen molar-refractivity contribution in [2.75, 3.05) is 11.4 Å². The second-order valence-corrected chi connectivity index (χ2v) is 5.76. The summed E-state index contributed by atoms with van der Waals surface area (Å²) in [4.78, 5) is 26.6. The summed E-state index contributed by atoms with van der Waals surface area (Å²) in [6.07, 6.45) is 0.417. The fourth-order valence-corrected chi connectivity index (χ4v) is 3.52. The minimum atomic E-state index is -1.15. The molecule has 1 atom stereocenters. The molecular weight excluding hydrogens is 290 g/mol. The zero-order chi connectivity index (χ0) is 16.8. The number of aryl methyl sites for hydroxylation is 1. The first-order valence-corrected chi connectivity index (χ1v) is 7.95. The highest BCUT2D eigenvalue weighted by atomic mass is 16.2. The molecule has 0 saturated heterocycles. The van der Waals surface area contributed by atoms with Gasteiger partial charge in [-0.25, -0.2) is 0 Å². The van der Waals surface area contributed by atoms with Crippen molar-refractivity contribution in [2.24, 2.45) is 0 Å². The van der Waals surface area contributed by atoms with E-state index in [1.165, 1.54) is 0 Å². The molecule has 23 heavy (non-hydrogen) atoms. The predicted molar refractivity (Wildman–Crippen MR) is 89.5 cm³/mol. The second kappa shape index (κ2) is 5.24. The zero-order valence-corrected chi connectivity index (χ0v) is 13.6. The van der Waals surface area contributed by atoms with Crippen LogP contribution in [0.5, 0.6) is 0 Å². The second-order valence-electron chi connectivity index (χ2n) is 5.76. The van der Waals surface area contributed by atoms with Crippen molar-refractivity contribution in [1.29, 1.82) is 5.26 Å². The Morgan fingerprint density at radius 2 is 1.87 bits per heavy atom. The number of rotatable bonds is 3. The maximum Gasteiger partial charge on any atom is 0.252 e. The quantitative estimate of drug-likeness (QED) is 0.875. The van der Waals surface area contributed by atoms with Crippen LogP contribution < -0.4 is 10.5 Å². The first kappa shape index (κ1) is 15.3. The molecule has 0 fully saturated rings. The van der Waals surface area contributed by atoms with Crippen molar-refractivity contribution < 1.29 is 4.79 Å². The third kappa shape index (κ3) is 1.84. The zero-order valence-electron chi connectivity index (χ0n) is 13.6. The highest BCUT2D eigenvalue weighted by Gasteiger charge is 2.50. The van der Waals surface area contributed by atoms with Gasteiger partial charge >= 0.3 is 0 Å². The Kier molecular flexibility index (Phi) is 3.48. The maximum absolute atomic E-state index is 12.8. The average Bonchev–Trinajstić information content (AvgIpc) is 2.80. The van der Waals surface area contributed by atoms with Gasteiger partial charge in [0, 0.05) is 35.8 Å². The van der Waals surface area contributed by atoms with Gasteiger partial charge < -0.3 is 9.47 Å². The van der Waals surface area contributed by atoms with E-state index >= 15 is 0 Å². The highest BCUT2D eigenvalue weighted by molar-refractivity contribution is 6.12. The molecule has 3 rings (SSSR count). The Balaban J connectivity index is 2.44. The number of amides is 1. The molecule has 1 aliphatic rings. The molecule has 1 aliphatic heterocycles. The van der Waals surface area contributed by atoms with E-state index in [1.807, 2.05) is 32.9 Å². The molecule has 1 aromatic carbocycles. The number of carbonyl (C=O) groups is 1. The highest BCUT2D eigenvalue weighted by Crippen LogP contribution is 2.45. The Morgan fingerprint density at radius 3 is 2.43 bits per heavy atom. The van der Waals surface area contributed by atoms with E-state index in [0.717, 1.165) is 22.2 Å². The first-order chi connectivity index (χ1) is 11.0. The van der Waals surface area contributed by atoms with Crippen LogP contribution >= 0.6 is 0 Å². The summed E-state index contributed by atoms with van der Waals surface area (Å²) >= 11 is 0. The molecule has 1 unspecified atom stereocenters. The molecule has 1 amide bonds. The van der Waals surface area contributed by atoms with Crippen molar-refractivity contribution in [3.63, 3.8) is 0 Å². The van der Waals surface area contributed by atoms with E-state index in [0.29, 0.717) is 19.5 Å². The van der Waals surface area contributed by atoms with Crippen LogP contribution in [0.3, 0.4) is 0 Å². The molecule has 0 spiro atoms. The summed E-state index contributed by atoms with van der Waals surface area (Å²) in [5.74, 6) is -0.166. The minimum Gasteiger partial charge on any atom is -0.311 e. The van der Waals surface area contributed by atoms with E-state index < -0.39 is 5.41 Å². The van der Waals surface area contributed by atoms with Gasteiger partial charge in [-0.1, -0.05) is 6.92 Å². The minimum absolute atomic E-state index is 0.0734. The molecule has 0 saturated carbocycles. The molecule has 0 radical (unpaired) electrons. The van der Waals surface area contributed by atoms with Crippen LogP contribution in [-0.4, -0.2) is 17.0 Å². The van der Waals surface area contributed by atoms with Gasteiger partial charge in [0.25, 0.3) is 11.5 Å². The van der Waals surface area contributed by atoms with Crippen LogP contribution in [0.25, 0.3) is 10.9 Å². The predicted octanol–water partition coefficient (Wildman–Crippen LogP) is 2.56. The largest absolute Gasteiger partial charge is 0.311 e. The molecule has 0 aliphatic carbocycles. The number of hydrogen-bond acceptors (Lipinski definition) is 3. The van der Waals surface area contributed by atoms with Crippen molar-refractivity contribution in [3.05, 3.63) is 40.2 Å². The smallest absolute Gasteiger partial charge is 0.252 e. The van der Waals surface area contributed by atoms with Gasteiger partial charge in [0.05, 0.1) is 11.6 Å². The van der Waals surface area contributed by atoms with Gasteiger partial charge in [0.1, 0.15) is 0 Å². The number of nitriles is 1. The summed E-state index contributed by atoms with van der Waals surface area (Å²) in [5.41, 5.74) is 1.06. The molecule has 2 aromatic rings. The number of nitrogens with zero attached hydrogens (tertiary/aromatic N) is 3. The topological polar surface area (TPSA) is 66.1 Å². The van der Waals surface area contributed by atoms with Crippen LogP contribution in [0, 0.1) is 11.3 Å². The van der Waals surface area contributed by atoms with Crippen LogP contribution in [0.4, 0.5) is 5.69 Å². The summed E-state index contributed by atoms with van der Waals surface area (Å²) in [6.45, 7) is 6.74. The summed E-state index contributed by atoms with van der Waals surface area (Å²) in [7, 11) is 0. The molecular formula is C18H19N3O2. The molecule has 5 heteroatoms. The fourth-order valence-electron chi connectivity index (χ4n) is 3.52. The molecule has 118 valence electrons. The Labute approximate surface area is 134 Å². The maximum atomic E-state index is 12.8. The van der Waals surface area contributed by atoms with Crippen LogP contribution in [0.2, 0.25) is 0 Å². The lowest BCUT2D eigenvalue weighted by molar-refractivity contribution is -0.121. The third-order valence-electron chi connectivity index (χ3n) is 4.82. The third-order valence-corrected chi connectivity index (χ3v) is 4.82. The van der Waals surface area contributed by atoms with Gasteiger partial charge in [-0.05, 0) is 38.5 Å². The lowest BCUT2D eigenvalue weighted by Crippen LogP contribution is -2.38. The Bertz CT molecular complexity index is 907. The normalized spacial score (nSPS) is 19.9. The van der Waals surface area contributed by atoms with Crippen molar-refractivity contribution in [1.82, 2.24) is 4.57 Å². The molecule has 0 bridgehead atoms. The summed E-state index contributed by atoms with van der Waals surface area (Å²) < 4.78 is 1.67. The number of likely N-dealkylation sites (N-methyl/N-ethyl adjacent to an activating group) is 1. The average molecular weight is 309 g/mol. The van der Waals surface area contributed by atoms with Crippen molar-refractivity contribution in [3.8, 4) is 6.07 Å². The van der Waals surface area contributed by atoms with E-state index in [-0.39, 0.29) is 11.5 Å². The van der Waals surface area contributed by atoms with Crippen LogP contribution in [-0.2, 0) is 16.8 Å². The Morgan fingerprint density at radius 1 is 1.13 bits per heavy atom. The number of carbonyl (C=O) groups excluding carboxylic acids is 1. The van der Waals surface area contributed by atoms with Crippen LogP contribution in [0.15, 0.2) is 29.1 Å². The molecule has 2 heterocycles. The lowest BCUT2D eigenvalue weighted by atomic mass is 9.80. The Hall–Kier alpha value is -2.61. The molecule has 1 aromatic heterocycles. The number of benzene rings is 1. The fraction of sp³-hybridized carbons (Fsp3) is 0.389. The number of pyridine rings is 1. The molecule has 5 nitrogen and oxygen atoms in total. The van der Waals surface area contributed by atoms with Crippen LogP contribution in [0.1, 0.15) is 32.8 Å². The van der Waals surface area contributed by atoms with Crippen molar-refractivity contribution in [2.45, 2.75) is 39.2 Å². The number of fused-ring (bicyclic) bond motifs is 2. The van der Waals surface area contributed by atoms with Gasteiger partial charge in [0.2, 0.25) is 0 Å². The van der Waals surface area contributed by atoms with Gasteiger partial charge in [-0.3, -0.25) is 9.59 Å². The lowest BCUT2D eigenvalue weighted by Gasteiger charge is -2.19. The SMILES string of the molecule is CCN1C(=O)C(C#N)(CC)c2cc3c(ccc(=O)n3CC)cc21. The van der Waals surface area contributed by atoms with E-state index in [2.05, 4.69) is 6.07 Å². The van der Waals surface area contributed by atoms with Gasteiger partial charge in [-0.2, -0.15) is 5.26 Å². The molecule has 0 N–H and O–H groups in total.